The normalized spacial score (nSPS) is 18.4. The van der Waals surface area contributed by atoms with Crippen molar-refractivity contribution in [1.82, 2.24) is 0 Å². The van der Waals surface area contributed by atoms with Crippen LogP contribution in [0.15, 0.2) is 91.0 Å². The standard InChI is InChI=1S/C27H26N2O4/c1-20(10-8-9-17-30)27(33)24-18-23(28(19-31)21-11-4-2-5-12-21)15-16-25(24)29(26(27)32)22-13-6-3-7-14-22/h2-8,10-16,18-20,30,33H,9,17H2,1H3/b10-8+/t20-,27+/m1/s1. The Balaban J connectivity index is 1.86. The zero-order valence-corrected chi connectivity index (χ0v) is 18.3. The maximum absolute atomic E-state index is 13.7. The van der Waals surface area contributed by atoms with Crippen LogP contribution in [-0.2, 0) is 15.2 Å². The highest BCUT2D eigenvalue weighted by Gasteiger charge is 2.53. The predicted molar refractivity (Wildman–Crippen MR) is 129 cm³/mol. The maximum atomic E-state index is 13.7. The predicted octanol–water partition coefficient (Wildman–Crippen LogP) is 4.42. The Labute approximate surface area is 193 Å². The lowest BCUT2D eigenvalue weighted by Gasteiger charge is -2.28. The van der Waals surface area contributed by atoms with E-state index in [0.717, 1.165) is 0 Å². The molecule has 0 spiro atoms. The Hall–Kier alpha value is -3.74. The minimum atomic E-state index is -1.83. The number of anilines is 4. The second kappa shape index (κ2) is 9.40. The Morgan fingerprint density at radius 2 is 1.67 bits per heavy atom. The largest absolute Gasteiger partial charge is 0.396 e. The molecule has 0 aromatic heterocycles. The molecule has 2 amide bonds. The fourth-order valence-corrected chi connectivity index (χ4v) is 4.22. The first kappa shape index (κ1) is 22.5. The average Bonchev–Trinajstić information content (AvgIpc) is 3.08. The number of benzene rings is 3. The van der Waals surface area contributed by atoms with Crippen molar-refractivity contribution < 1.29 is 19.8 Å². The monoisotopic (exact) mass is 442 g/mol. The fourth-order valence-electron chi connectivity index (χ4n) is 4.22. The third-order valence-electron chi connectivity index (χ3n) is 5.97. The summed E-state index contributed by atoms with van der Waals surface area (Å²) in [5.74, 6) is -1.03. The highest BCUT2D eigenvalue weighted by atomic mass is 16.3. The molecule has 0 unspecified atom stereocenters. The van der Waals surface area contributed by atoms with Gasteiger partial charge in [-0.2, -0.15) is 0 Å². The first-order chi connectivity index (χ1) is 16.0. The zero-order valence-electron chi connectivity index (χ0n) is 18.3. The van der Waals surface area contributed by atoms with Crippen molar-refractivity contribution in [2.45, 2.75) is 18.9 Å². The molecule has 1 aliphatic heterocycles. The van der Waals surface area contributed by atoms with Crippen LogP contribution < -0.4 is 9.80 Å². The Kier molecular flexibility index (Phi) is 6.40. The molecule has 1 aliphatic rings. The number of rotatable bonds is 8. The van der Waals surface area contributed by atoms with Gasteiger partial charge in [0.1, 0.15) is 0 Å². The van der Waals surface area contributed by atoms with Crippen molar-refractivity contribution in [3.05, 3.63) is 96.6 Å². The van der Waals surface area contributed by atoms with Crippen molar-refractivity contribution in [2.24, 2.45) is 5.92 Å². The van der Waals surface area contributed by atoms with Crippen molar-refractivity contribution >= 4 is 35.1 Å². The Morgan fingerprint density at radius 1 is 1.00 bits per heavy atom. The van der Waals surface area contributed by atoms with Crippen LogP contribution in [0.5, 0.6) is 0 Å². The topological polar surface area (TPSA) is 81.1 Å². The maximum Gasteiger partial charge on any atom is 0.268 e. The number of nitrogens with zero attached hydrogens (tertiary/aromatic N) is 2. The molecule has 33 heavy (non-hydrogen) atoms. The van der Waals surface area contributed by atoms with E-state index in [2.05, 4.69) is 0 Å². The summed E-state index contributed by atoms with van der Waals surface area (Å²) < 4.78 is 0. The third kappa shape index (κ3) is 3.95. The Morgan fingerprint density at radius 3 is 2.30 bits per heavy atom. The molecule has 0 fully saturated rings. The van der Waals surface area contributed by atoms with E-state index in [-0.39, 0.29) is 6.61 Å². The lowest BCUT2D eigenvalue weighted by atomic mass is 9.82. The van der Waals surface area contributed by atoms with Gasteiger partial charge < -0.3 is 10.2 Å². The van der Waals surface area contributed by atoms with E-state index >= 15 is 0 Å². The second-order valence-corrected chi connectivity index (χ2v) is 7.98. The molecule has 3 aromatic carbocycles. The van der Waals surface area contributed by atoms with Crippen LogP contribution in [0, 0.1) is 5.92 Å². The lowest BCUT2D eigenvalue weighted by Crippen LogP contribution is -2.42. The summed E-state index contributed by atoms with van der Waals surface area (Å²) in [6.07, 6.45) is 4.64. The van der Waals surface area contributed by atoms with E-state index < -0.39 is 17.4 Å². The van der Waals surface area contributed by atoms with Gasteiger partial charge in [-0.15, -0.1) is 0 Å². The molecule has 168 valence electrons. The molecule has 0 saturated carbocycles. The molecule has 0 radical (unpaired) electrons. The molecular formula is C27H26N2O4. The summed E-state index contributed by atoms with van der Waals surface area (Å²) in [6, 6.07) is 23.6. The Bertz CT molecular complexity index is 1160. The molecule has 4 rings (SSSR count). The number of amides is 2. The van der Waals surface area contributed by atoms with E-state index in [0.29, 0.717) is 41.1 Å². The van der Waals surface area contributed by atoms with Gasteiger partial charge in [0, 0.05) is 35.2 Å². The van der Waals surface area contributed by atoms with E-state index in [9.17, 15) is 14.7 Å². The van der Waals surface area contributed by atoms with Gasteiger partial charge in [0.25, 0.3) is 5.91 Å². The molecule has 6 heteroatoms. The van der Waals surface area contributed by atoms with Gasteiger partial charge in [-0.25, -0.2) is 0 Å². The first-order valence-corrected chi connectivity index (χ1v) is 10.9. The van der Waals surface area contributed by atoms with E-state index in [4.69, 9.17) is 5.11 Å². The van der Waals surface area contributed by atoms with Crippen LogP contribution in [0.1, 0.15) is 18.9 Å². The van der Waals surface area contributed by atoms with Crippen LogP contribution in [0.2, 0.25) is 0 Å². The van der Waals surface area contributed by atoms with Gasteiger partial charge in [0.15, 0.2) is 5.60 Å². The molecule has 0 aliphatic carbocycles. The lowest BCUT2D eigenvalue weighted by molar-refractivity contribution is -0.138. The molecule has 6 nitrogen and oxygen atoms in total. The number of aliphatic hydroxyl groups excluding tert-OH is 1. The number of para-hydroxylation sites is 2. The average molecular weight is 443 g/mol. The van der Waals surface area contributed by atoms with Gasteiger partial charge in [-0.05, 0) is 48.9 Å². The summed E-state index contributed by atoms with van der Waals surface area (Å²) in [5, 5.41) is 21.0. The van der Waals surface area contributed by atoms with Gasteiger partial charge >= 0.3 is 0 Å². The number of hydrogen-bond donors (Lipinski definition) is 2. The smallest absolute Gasteiger partial charge is 0.268 e. The van der Waals surface area contributed by atoms with Crippen molar-refractivity contribution in [1.29, 1.82) is 0 Å². The fraction of sp³-hybridized carbons (Fsp3) is 0.185. The molecular weight excluding hydrogens is 416 g/mol. The van der Waals surface area contributed by atoms with Gasteiger partial charge in [0.2, 0.25) is 6.41 Å². The van der Waals surface area contributed by atoms with Crippen LogP contribution in [-0.4, -0.2) is 29.1 Å². The first-order valence-electron chi connectivity index (χ1n) is 10.9. The SMILES string of the molecule is C[C@H](/C=C/CCO)[C@@]1(O)C(=O)N(c2ccccc2)c2ccc(N(C=O)c3ccccc3)cc21. The van der Waals surface area contributed by atoms with E-state index in [1.54, 1.807) is 37.3 Å². The second-order valence-electron chi connectivity index (χ2n) is 7.98. The van der Waals surface area contributed by atoms with Crippen LogP contribution in [0.4, 0.5) is 22.7 Å². The van der Waals surface area contributed by atoms with Crippen molar-refractivity contribution in [3.63, 3.8) is 0 Å². The van der Waals surface area contributed by atoms with Gasteiger partial charge in [-0.1, -0.05) is 55.5 Å². The number of carbonyl (C=O) groups excluding carboxylic acids is 2. The van der Waals surface area contributed by atoms with Crippen LogP contribution in [0.25, 0.3) is 0 Å². The summed E-state index contributed by atoms with van der Waals surface area (Å²) in [7, 11) is 0. The number of fused-ring (bicyclic) bond motifs is 1. The van der Waals surface area contributed by atoms with Crippen LogP contribution >= 0.6 is 0 Å². The number of hydrogen-bond acceptors (Lipinski definition) is 4. The third-order valence-corrected chi connectivity index (χ3v) is 5.97. The van der Waals surface area contributed by atoms with Crippen molar-refractivity contribution in [2.75, 3.05) is 16.4 Å². The molecule has 3 aromatic rings. The quantitative estimate of drug-likeness (QED) is 0.400. The summed E-state index contributed by atoms with van der Waals surface area (Å²) in [4.78, 5) is 28.7. The molecule has 0 bridgehead atoms. The summed E-state index contributed by atoms with van der Waals surface area (Å²) in [6.45, 7) is 1.75. The minimum Gasteiger partial charge on any atom is -0.396 e. The summed E-state index contributed by atoms with van der Waals surface area (Å²) >= 11 is 0. The van der Waals surface area contributed by atoms with Gasteiger partial charge in [0.05, 0.1) is 5.69 Å². The number of carbonyl (C=O) groups is 2. The molecule has 0 saturated heterocycles. The van der Waals surface area contributed by atoms with Crippen LogP contribution in [0.3, 0.4) is 0 Å². The van der Waals surface area contributed by atoms with E-state index in [1.807, 2.05) is 60.7 Å². The highest BCUT2D eigenvalue weighted by molar-refractivity contribution is 6.12. The zero-order chi connectivity index (χ0) is 23.4. The van der Waals surface area contributed by atoms with Gasteiger partial charge in [-0.3, -0.25) is 19.4 Å². The minimum absolute atomic E-state index is 0.0160. The molecule has 2 N–H and O–H groups in total. The number of aliphatic hydroxyl groups is 2. The molecule has 2 atom stereocenters. The van der Waals surface area contributed by atoms with E-state index in [1.165, 1.54) is 9.80 Å². The molecule has 1 heterocycles. The summed E-state index contributed by atoms with van der Waals surface area (Å²) in [5.41, 5.74) is 1.03. The van der Waals surface area contributed by atoms with Crippen molar-refractivity contribution in [3.8, 4) is 0 Å². The highest BCUT2D eigenvalue weighted by Crippen LogP contribution is 2.49.